The number of ether oxygens (including phenoxy) is 20. The summed E-state index contributed by atoms with van der Waals surface area (Å²) in [5.41, 5.74) is 4.67. The zero-order chi connectivity index (χ0) is 80.6. The van der Waals surface area contributed by atoms with Crippen LogP contribution in [-0.2, 0) is 140 Å². The highest BCUT2D eigenvalue weighted by Crippen LogP contribution is 2.45. The Kier molecular flexibility index (Phi) is 32.9. The molecule has 24 nitrogen and oxygen atoms in total. The summed E-state index contributed by atoms with van der Waals surface area (Å²) < 4.78 is 141. The number of benzene rings is 6. The van der Waals surface area contributed by atoms with Gasteiger partial charge in [0.25, 0.3) is 0 Å². The molecule has 12 rings (SSSR count). The normalized spacial score (nSPS) is 30.7. The molecule has 0 bridgehead atoms. The molecule has 0 radical (unpaired) electrons. The van der Waals surface area contributed by atoms with Gasteiger partial charge in [-0.2, -0.15) is 0 Å². The fraction of sp³-hybridized carbons (Fsp3) is 0.538. The summed E-state index contributed by atoms with van der Waals surface area (Å²) in [6.45, 7) is 17.7. The molecule has 6 fully saturated rings. The van der Waals surface area contributed by atoms with Crippen LogP contribution in [0.4, 0.5) is 0 Å². The van der Waals surface area contributed by atoms with Crippen molar-refractivity contribution in [1.82, 2.24) is 0 Å². The van der Waals surface area contributed by atoms with E-state index in [9.17, 15) is 19.2 Å². The van der Waals surface area contributed by atoms with Gasteiger partial charge in [-0.1, -0.05) is 242 Å². The van der Waals surface area contributed by atoms with Crippen molar-refractivity contribution >= 4 is 23.9 Å². The minimum absolute atomic E-state index is 0.00485. The Morgan fingerprint density at radius 1 is 0.435 bits per heavy atom. The molecule has 6 heterocycles. The number of unbranched alkanes of at least 4 members (excludes halogenated alkanes) is 3. The molecule has 0 N–H and O–H groups in total. The van der Waals surface area contributed by atoms with Crippen LogP contribution in [0.15, 0.2) is 195 Å². The van der Waals surface area contributed by atoms with Crippen LogP contribution in [0.2, 0.25) is 0 Å². The molecular formula is C91H114O24. The Labute approximate surface area is 675 Å². The minimum atomic E-state index is -1.72. The van der Waals surface area contributed by atoms with E-state index in [0.29, 0.717) is 36.8 Å². The molecule has 622 valence electrons. The molecule has 24 heteroatoms. The van der Waals surface area contributed by atoms with E-state index in [1.807, 2.05) is 202 Å². The molecule has 0 spiro atoms. The average molecular weight is 1590 g/mol. The Morgan fingerprint density at radius 2 is 0.843 bits per heavy atom. The molecule has 6 saturated heterocycles. The summed E-state index contributed by atoms with van der Waals surface area (Å²) in [5.74, 6) is -3.92. The number of allylic oxidation sites excluding steroid dienone is 1. The Balaban J connectivity index is 1.05. The maximum absolute atomic E-state index is 15.0. The molecule has 6 aromatic rings. The fourth-order valence-corrected chi connectivity index (χ4v) is 15.1. The van der Waals surface area contributed by atoms with Crippen molar-refractivity contribution in [3.8, 4) is 0 Å². The SMILES string of the molecule is C=CCCC[C@H](CCCCC)O[C@@H]1O[C@H](COCc2ccccc2)[C@@H](OCc2ccccc2)[C@H](OCc2ccccc2)[C@H]1O[C@@H]1O[C@@H]2COC(c3ccccc3)O[C@H]2[C@H](O[C@@H]2O[C@@H]3COC(c4ccccc4)O[C@H]3[C@H](OC(C)=O)[C@H]2OC(C)=O)[C@H]1O[C@@H]1O[C@@H](C)[C@H](OC(=O)[C@@H](C)CC)[C@@H](OCc2ccccc2)[C@H]1OC(=O)[C@@H](C)CC. The van der Waals surface area contributed by atoms with Gasteiger partial charge in [0.2, 0.25) is 0 Å². The van der Waals surface area contributed by atoms with E-state index in [-0.39, 0.29) is 46.2 Å². The number of hydrogen-bond acceptors (Lipinski definition) is 24. The second kappa shape index (κ2) is 43.7. The van der Waals surface area contributed by atoms with Gasteiger partial charge in [-0.25, -0.2) is 0 Å². The summed E-state index contributed by atoms with van der Waals surface area (Å²) in [6, 6.07) is 57.3. The maximum Gasteiger partial charge on any atom is 0.309 e. The molecule has 0 amide bonds. The average Bonchev–Trinajstić information content (AvgIpc) is 0.746. The van der Waals surface area contributed by atoms with Gasteiger partial charge in [-0.15, -0.1) is 6.58 Å². The van der Waals surface area contributed by atoms with Gasteiger partial charge in [0.1, 0.15) is 67.1 Å². The zero-order valence-corrected chi connectivity index (χ0v) is 67.2. The van der Waals surface area contributed by atoms with Crippen LogP contribution in [0.25, 0.3) is 0 Å². The Hall–Kier alpha value is -7.70. The van der Waals surface area contributed by atoms with Crippen molar-refractivity contribution in [3.05, 3.63) is 228 Å². The summed E-state index contributed by atoms with van der Waals surface area (Å²) in [4.78, 5) is 56.9. The lowest BCUT2D eigenvalue weighted by Crippen LogP contribution is -2.70. The number of hydrogen-bond donors (Lipinski definition) is 0. The minimum Gasteiger partial charge on any atom is -0.456 e. The molecule has 25 atom stereocenters. The van der Waals surface area contributed by atoms with Crippen LogP contribution in [0.3, 0.4) is 0 Å². The molecule has 0 aliphatic carbocycles. The lowest BCUT2D eigenvalue weighted by molar-refractivity contribution is -0.434. The van der Waals surface area contributed by atoms with Crippen molar-refractivity contribution in [2.45, 2.75) is 281 Å². The Morgan fingerprint density at radius 3 is 1.33 bits per heavy atom. The standard InChI is InChI=1S/C91H114O24/c1-10-14-22-48-68(49-23-15-11-2)105-89-81(77(99-53-65-42-30-19-31-43-65)73(97-51-63-38-26-17-27-39-63)69(106-89)54-96-50-62-36-24-16-25-37-62)114-91-83(115-88-80(110-85(95)58(6)13-4)76(98-52-64-40-28-18-29-41-64)72(59(7)102-88)109-84(94)57(5)12-3)79(75-71(108-91)56-101-87(112-75)67-46-34-21-35-47-67)113-90-82(104-61(9)93)78(103-60(8)92)74-70(107-90)55-100-86(111-74)66-44-32-20-33-45-66/h10,16-21,24-47,57-59,68-83,86-91H,1,11-15,22-23,48-56H2,2-9H3/t57-,58-,59-,68+,69+,70+,71+,72-,73+,74+,75+,76+,77-,78-,79-,80+,81+,82+,83+,86?,87?,88-,89+,90-,91-/m0/s1. The molecule has 6 aliphatic rings. The van der Waals surface area contributed by atoms with E-state index in [1.54, 1.807) is 20.8 Å². The van der Waals surface area contributed by atoms with E-state index in [4.69, 9.17) is 94.7 Å². The first-order chi connectivity index (χ1) is 56.1. The van der Waals surface area contributed by atoms with Gasteiger partial charge < -0.3 is 94.7 Å². The molecular weight excluding hydrogens is 1480 g/mol. The second-order valence-corrected chi connectivity index (χ2v) is 30.3. The first kappa shape index (κ1) is 86.6. The van der Waals surface area contributed by atoms with Crippen LogP contribution >= 0.6 is 0 Å². The molecule has 0 aromatic heterocycles. The van der Waals surface area contributed by atoms with Crippen molar-refractivity contribution in [3.63, 3.8) is 0 Å². The number of fused-ring (bicyclic) bond motifs is 2. The monoisotopic (exact) mass is 1590 g/mol. The summed E-state index contributed by atoms with van der Waals surface area (Å²) in [5, 5.41) is 0. The van der Waals surface area contributed by atoms with E-state index in [0.717, 1.165) is 54.4 Å². The van der Waals surface area contributed by atoms with Gasteiger partial charge >= 0.3 is 23.9 Å². The van der Waals surface area contributed by atoms with Crippen molar-refractivity contribution in [2.75, 3.05) is 19.8 Å². The van der Waals surface area contributed by atoms with Gasteiger partial charge in [0.15, 0.2) is 62.2 Å². The first-order valence-corrected chi connectivity index (χ1v) is 40.9. The smallest absolute Gasteiger partial charge is 0.309 e. The predicted molar refractivity (Wildman–Crippen MR) is 419 cm³/mol. The first-order valence-electron chi connectivity index (χ1n) is 40.9. The number of esters is 4. The predicted octanol–water partition coefficient (Wildman–Crippen LogP) is 14.4. The van der Waals surface area contributed by atoms with E-state index in [1.165, 1.54) is 13.8 Å². The van der Waals surface area contributed by atoms with Gasteiger partial charge in [0, 0.05) is 25.0 Å². The highest BCUT2D eigenvalue weighted by Gasteiger charge is 2.62. The van der Waals surface area contributed by atoms with Crippen LogP contribution in [0.5, 0.6) is 0 Å². The van der Waals surface area contributed by atoms with Gasteiger partial charge in [0.05, 0.1) is 70.3 Å². The van der Waals surface area contributed by atoms with Gasteiger partial charge in [-0.3, -0.25) is 19.2 Å². The third kappa shape index (κ3) is 23.6. The van der Waals surface area contributed by atoms with Gasteiger partial charge in [-0.05, 0) is 67.7 Å². The van der Waals surface area contributed by atoms with Crippen molar-refractivity contribution in [2.24, 2.45) is 11.8 Å². The summed E-state index contributed by atoms with van der Waals surface area (Å²) >= 11 is 0. The molecule has 6 aliphatic heterocycles. The van der Waals surface area contributed by atoms with E-state index >= 15 is 0 Å². The third-order valence-electron chi connectivity index (χ3n) is 21.7. The highest BCUT2D eigenvalue weighted by molar-refractivity contribution is 5.73. The molecule has 6 aromatic carbocycles. The van der Waals surface area contributed by atoms with Crippen molar-refractivity contribution in [1.29, 1.82) is 0 Å². The summed E-state index contributed by atoms with van der Waals surface area (Å²) in [6.07, 6.45) is -21.1. The largest absolute Gasteiger partial charge is 0.456 e. The number of carbonyl (C=O) groups is 4. The van der Waals surface area contributed by atoms with E-state index in [2.05, 4.69) is 13.5 Å². The summed E-state index contributed by atoms with van der Waals surface area (Å²) in [7, 11) is 0. The van der Waals surface area contributed by atoms with Crippen LogP contribution < -0.4 is 0 Å². The van der Waals surface area contributed by atoms with Crippen LogP contribution in [0.1, 0.15) is 159 Å². The van der Waals surface area contributed by atoms with Crippen LogP contribution in [0, 0.1) is 11.8 Å². The number of carbonyl (C=O) groups excluding carboxylic acids is 4. The lowest BCUT2D eigenvalue weighted by Gasteiger charge is -2.54. The molecule has 2 unspecified atom stereocenters. The number of rotatable bonds is 39. The maximum atomic E-state index is 15.0. The molecule has 115 heavy (non-hydrogen) atoms. The van der Waals surface area contributed by atoms with Crippen LogP contribution in [-0.4, -0.2) is 173 Å². The topological polar surface area (TPSA) is 253 Å². The fourth-order valence-electron chi connectivity index (χ4n) is 15.1. The lowest BCUT2D eigenvalue weighted by atomic mass is 9.94. The third-order valence-corrected chi connectivity index (χ3v) is 21.7. The zero-order valence-electron chi connectivity index (χ0n) is 67.2. The van der Waals surface area contributed by atoms with E-state index < -0.39 is 177 Å². The Bertz CT molecular complexity index is 3890. The quantitative estimate of drug-likeness (QED) is 0.0150. The van der Waals surface area contributed by atoms with Crippen molar-refractivity contribution < 1.29 is 114 Å². The molecule has 0 saturated carbocycles. The highest BCUT2D eigenvalue weighted by atomic mass is 16.8. The second-order valence-electron chi connectivity index (χ2n) is 30.3.